The van der Waals surface area contributed by atoms with Crippen molar-refractivity contribution in [3.8, 4) is 11.3 Å². The van der Waals surface area contributed by atoms with Crippen molar-refractivity contribution in [3.63, 3.8) is 0 Å². The predicted octanol–water partition coefficient (Wildman–Crippen LogP) is 4.40. The molecule has 3 heterocycles. The topological polar surface area (TPSA) is 29.9 Å². The van der Waals surface area contributed by atoms with Gasteiger partial charge in [-0.25, -0.2) is 9.55 Å². The largest absolute Gasteiger partial charge is 0.437 e. The fraction of sp³-hybridized carbons (Fsp3) is 0.200. The lowest BCUT2D eigenvalue weighted by molar-refractivity contribution is -0.660. The van der Waals surface area contributed by atoms with E-state index in [1.54, 1.807) is 6.20 Å². The van der Waals surface area contributed by atoms with Gasteiger partial charge in [-0.3, -0.25) is 0 Å². The van der Waals surface area contributed by atoms with Gasteiger partial charge < -0.3 is 4.42 Å². The lowest BCUT2D eigenvalue weighted by Crippen LogP contribution is -2.31. The van der Waals surface area contributed by atoms with Gasteiger partial charge in [0.25, 0.3) is 0 Å². The van der Waals surface area contributed by atoms with Crippen LogP contribution in [0.1, 0.15) is 16.7 Å². The van der Waals surface area contributed by atoms with Gasteiger partial charge in [-0.1, -0.05) is 6.07 Å². The highest BCUT2D eigenvalue weighted by atomic mass is 16.3. The van der Waals surface area contributed by atoms with Crippen LogP contribution in [-0.2, 0) is 7.05 Å². The zero-order valence-electron chi connectivity index (χ0n) is 13.8. The van der Waals surface area contributed by atoms with Crippen LogP contribution in [0.25, 0.3) is 33.3 Å². The molecule has 0 aliphatic heterocycles. The number of nitrogens with zero attached hydrogens (tertiary/aromatic N) is 2. The molecule has 0 amide bonds. The van der Waals surface area contributed by atoms with Crippen LogP contribution in [0.3, 0.4) is 0 Å². The van der Waals surface area contributed by atoms with Crippen molar-refractivity contribution in [1.82, 2.24) is 4.98 Å². The Hall–Kier alpha value is -2.68. The van der Waals surface area contributed by atoms with E-state index in [0.717, 1.165) is 27.6 Å². The number of hydrogen-bond acceptors (Lipinski definition) is 2. The summed E-state index contributed by atoms with van der Waals surface area (Å²) in [4.78, 5) is 4.37. The molecule has 0 aliphatic rings. The number of aromatic nitrogens is 2. The van der Waals surface area contributed by atoms with Crippen LogP contribution in [0.5, 0.6) is 0 Å². The average Bonchev–Trinajstić information content (AvgIpc) is 2.92. The SMILES string of the molecule is Cc1cc(-c2ccc(C)c3c2oc2ncccc23)[n+](C)cc1C. The number of rotatable bonds is 1. The Kier molecular flexibility index (Phi) is 2.98. The van der Waals surface area contributed by atoms with Crippen molar-refractivity contribution in [2.75, 3.05) is 0 Å². The molecule has 0 unspecified atom stereocenters. The zero-order valence-corrected chi connectivity index (χ0v) is 13.8. The van der Waals surface area contributed by atoms with Crippen molar-refractivity contribution in [1.29, 1.82) is 0 Å². The first-order valence-electron chi connectivity index (χ1n) is 7.80. The quantitative estimate of drug-likeness (QED) is 0.488. The summed E-state index contributed by atoms with van der Waals surface area (Å²) in [5, 5.41) is 2.23. The predicted molar refractivity (Wildman–Crippen MR) is 92.3 cm³/mol. The number of fused-ring (bicyclic) bond motifs is 3. The second-order valence-electron chi connectivity index (χ2n) is 6.23. The summed E-state index contributed by atoms with van der Waals surface area (Å²) in [6.07, 6.45) is 3.94. The van der Waals surface area contributed by atoms with Gasteiger partial charge >= 0.3 is 0 Å². The van der Waals surface area contributed by atoms with Crippen LogP contribution >= 0.6 is 0 Å². The first-order valence-corrected chi connectivity index (χ1v) is 7.80. The molecule has 3 heteroatoms. The van der Waals surface area contributed by atoms with E-state index in [1.807, 2.05) is 6.07 Å². The molecular formula is C20H19N2O+. The maximum absolute atomic E-state index is 6.12. The molecular weight excluding hydrogens is 284 g/mol. The number of benzene rings is 1. The van der Waals surface area contributed by atoms with E-state index in [1.165, 1.54) is 16.7 Å². The fourth-order valence-corrected chi connectivity index (χ4v) is 3.23. The Morgan fingerprint density at radius 3 is 2.65 bits per heavy atom. The van der Waals surface area contributed by atoms with E-state index >= 15 is 0 Å². The van der Waals surface area contributed by atoms with Gasteiger partial charge in [0, 0.05) is 28.6 Å². The molecule has 3 nitrogen and oxygen atoms in total. The van der Waals surface area contributed by atoms with Crippen molar-refractivity contribution < 1.29 is 8.98 Å². The molecule has 0 N–H and O–H groups in total. The molecule has 114 valence electrons. The highest BCUT2D eigenvalue weighted by molar-refractivity contribution is 6.09. The highest BCUT2D eigenvalue weighted by Gasteiger charge is 2.20. The Bertz CT molecular complexity index is 1060. The van der Waals surface area contributed by atoms with E-state index in [9.17, 15) is 0 Å². The van der Waals surface area contributed by atoms with Gasteiger partial charge in [0.1, 0.15) is 7.05 Å². The molecule has 0 atom stereocenters. The van der Waals surface area contributed by atoms with E-state index in [0.29, 0.717) is 5.71 Å². The van der Waals surface area contributed by atoms with Crippen molar-refractivity contribution in [2.24, 2.45) is 7.05 Å². The molecule has 4 aromatic rings. The summed E-state index contributed by atoms with van der Waals surface area (Å²) in [5.74, 6) is 0. The minimum atomic E-state index is 0.699. The number of pyridine rings is 2. The Morgan fingerprint density at radius 2 is 1.83 bits per heavy atom. The summed E-state index contributed by atoms with van der Waals surface area (Å²) < 4.78 is 8.28. The molecule has 0 radical (unpaired) electrons. The summed E-state index contributed by atoms with van der Waals surface area (Å²) in [7, 11) is 2.08. The maximum Gasteiger partial charge on any atom is 0.227 e. The molecule has 0 aliphatic carbocycles. The molecule has 4 rings (SSSR count). The Labute approximate surface area is 135 Å². The van der Waals surface area contributed by atoms with Crippen molar-refractivity contribution in [3.05, 3.63) is 59.4 Å². The van der Waals surface area contributed by atoms with Crippen LogP contribution in [0.2, 0.25) is 0 Å². The third kappa shape index (κ3) is 2.04. The third-order valence-corrected chi connectivity index (χ3v) is 4.62. The van der Waals surface area contributed by atoms with Crippen molar-refractivity contribution >= 4 is 22.1 Å². The van der Waals surface area contributed by atoms with E-state index < -0.39 is 0 Å². The summed E-state index contributed by atoms with van der Waals surface area (Å²) in [6.45, 7) is 6.40. The smallest absolute Gasteiger partial charge is 0.227 e. The molecule has 3 aromatic heterocycles. The third-order valence-electron chi connectivity index (χ3n) is 4.62. The molecule has 0 spiro atoms. The number of hydrogen-bond donors (Lipinski definition) is 0. The highest BCUT2D eigenvalue weighted by Crippen LogP contribution is 2.36. The second kappa shape index (κ2) is 4.92. The monoisotopic (exact) mass is 303 g/mol. The summed E-state index contributed by atoms with van der Waals surface area (Å²) in [6, 6.07) is 10.6. The second-order valence-corrected chi connectivity index (χ2v) is 6.23. The standard InChI is InChI=1S/C20H19N2O/c1-12-7-8-15(17-10-13(2)14(3)11-22(17)4)19-18(12)16-6-5-9-21-20(16)23-19/h5-11H,1-4H3/q+1. The van der Waals surface area contributed by atoms with E-state index in [-0.39, 0.29) is 0 Å². The molecule has 0 saturated heterocycles. The van der Waals surface area contributed by atoms with Gasteiger partial charge in [0.15, 0.2) is 11.8 Å². The van der Waals surface area contributed by atoms with E-state index in [4.69, 9.17) is 4.42 Å². The first-order chi connectivity index (χ1) is 11.1. The maximum atomic E-state index is 6.12. The van der Waals surface area contributed by atoms with Crippen LogP contribution in [0, 0.1) is 20.8 Å². The Morgan fingerprint density at radius 1 is 1.00 bits per heavy atom. The first kappa shape index (κ1) is 13.9. The summed E-state index contributed by atoms with van der Waals surface area (Å²) >= 11 is 0. The van der Waals surface area contributed by atoms with Gasteiger partial charge in [0.2, 0.25) is 11.4 Å². The van der Waals surface area contributed by atoms with Gasteiger partial charge in [-0.15, -0.1) is 0 Å². The van der Waals surface area contributed by atoms with E-state index in [2.05, 4.69) is 67.8 Å². The molecule has 0 fully saturated rings. The average molecular weight is 303 g/mol. The zero-order chi connectivity index (χ0) is 16.1. The van der Waals surface area contributed by atoms with Crippen LogP contribution in [0.4, 0.5) is 0 Å². The number of furan rings is 1. The lowest BCUT2D eigenvalue weighted by Gasteiger charge is -2.06. The van der Waals surface area contributed by atoms with Gasteiger partial charge in [0.05, 0.1) is 5.56 Å². The van der Waals surface area contributed by atoms with Gasteiger partial charge in [-0.05, 0) is 50.1 Å². The molecule has 0 bridgehead atoms. The molecule has 0 saturated carbocycles. The summed E-state index contributed by atoms with van der Waals surface area (Å²) in [5.41, 5.74) is 7.64. The van der Waals surface area contributed by atoms with Crippen molar-refractivity contribution in [2.45, 2.75) is 20.8 Å². The minimum Gasteiger partial charge on any atom is -0.437 e. The normalized spacial score (nSPS) is 11.5. The molecule has 1 aromatic carbocycles. The lowest BCUT2D eigenvalue weighted by atomic mass is 10.0. The van der Waals surface area contributed by atoms with Gasteiger partial charge in [-0.2, -0.15) is 0 Å². The Balaban J connectivity index is 2.13. The van der Waals surface area contributed by atoms with Crippen LogP contribution in [0.15, 0.2) is 47.1 Å². The fourth-order valence-electron chi connectivity index (χ4n) is 3.23. The minimum absolute atomic E-state index is 0.699. The van der Waals surface area contributed by atoms with Crippen LogP contribution in [-0.4, -0.2) is 4.98 Å². The molecule has 23 heavy (non-hydrogen) atoms. The number of aryl methyl sites for hydroxylation is 4. The van der Waals surface area contributed by atoms with Crippen LogP contribution < -0.4 is 4.57 Å².